The van der Waals surface area contributed by atoms with Gasteiger partial charge >= 0.3 is 0 Å². The fourth-order valence-electron chi connectivity index (χ4n) is 4.14. The highest BCUT2D eigenvalue weighted by atomic mass is 14.9. The Balaban J connectivity index is 1.85. The van der Waals surface area contributed by atoms with Gasteiger partial charge in [-0.05, 0) is 54.0 Å². The average Bonchev–Trinajstić information content (AvgIpc) is 2.51. The molecule has 1 aliphatic carbocycles. The Morgan fingerprint density at radius 2 is 2.19 bits per heavy atom. The van der Waals surface area contributed by atoms with Crippen molar-refractivity contribution < 1.29 is 0 Å². The van der Waals surface area contributed by atoms with Crippen LogP contribution in [-0.2, 0) is 11.8 Å². The zero-order chi connectivity index (χ0) is 14.4. The Morgan fingerprint density at radius 1 is 1.29 bits per heavy atom. The molecule has 21 heavy (non-hydrogen) atoms. The summed E-state index contributed by atoms with van der Waals surface area (Å²) in [6, 6.07) is 9.49. The molecular weight excluding hydrogens is 258 g/mol. The molecule has 2 bridgehead atoms. The number of rotatable bonds is 1. The van der Waals surface area contributed by atoms with Gasteiger partial charge in [0.15, 0.2) is 0 Å². The maximum absolute atomic E-state index is 4.40. The number of benzene rings is 1. The maximum atomic E-state index is 4.40. The second-order valence-electron chi connectivity index (χ2n) is 6.69. The largest absolute Gasteiger partial charge is 0.313 e. The summed E-state index contributed by atoms with van der Waals surface area (Å²) in [4.78, 5) is 8.41. The molecule has 2 aromatic rings. The quantitative estimate of drug-likeness (QED) is 0.872. The number of fused-ring (bicyclic) bond motifs is 4. The van der Waals surface area contributed by atoms with E-state index in [9.17, 15) is 0 Å². The molecule has 4 rings (SSSR count). The molecule has 2 aliphatic rings. The average molecular weight is 279 g/mol. The highest BCUT2D eigenvalue weighted by Gasteiger charge is 2.45. The molecule has 0 amide bonds. The van der Waals surface area contributed by atoms with Gasteiger partial charge < -0.3 is 5.32 Å². The van der Waals surface area contributed by atoms with E-state index in [-0.39, 0.29) is 5.41 Å². The SMILES string of the molecule is CC1C2Cc3ccc(-c4ccncn4)cc3[C@]1(C)CCN2. The summed E-state index contributed by atoms with van der Waals surface area (Å²) in [6.07, 6.45) is 5.80. The fourth-order valence-corrected chi connectivity index (χ4v) is 4.14. The minimum absolute atomic E-state index is 0.284. The number of aromatic nitrogens is 2. The van der Waals surface area contributed by atoms with Crippen LogP contribution in [0.3, 0.4) is 0 Å². The van der Waals surface area contributed by atoms with Gasteiger partial charge in [0.25, 0.3) is 0 Å². The van der Waals surface area contributed by atoms with Gasteiger partial charge in [-0.2, -0.15) is 0 Å². The van der Waals surface area contributed by atoms with Gasteiger partial charge in [-0.25, -0.2) is 9.97 Å². The van der Waals surface area contributed by atoms with Crippen molar-refractivity contribution >= 4 is 0 Å². The lowest BCUT2D eigenvalue weighted by Gasteiger charge is -2.50. The summed E-state index contributed by atoms with van der Waals surface area (Å²) in [5.74, 6) is 0.680. The first-order chi connectivity index (χ1) is 10.2. The Labute approximate surface area is 125 Å². The molecule has 0 saturated carbocycles. The lowest BCUT2D eigenvalue weighted by molar-refractivity contribution is 0.158. The minimum Gasteiger partial charge on any atom is -0.313 e. The van der Waals surface area contributed by atoms with Gasteiger partial charge in [0.05, 0.1) is 5.69 Å². The molecule has 1 aromatic carbocycles. The zero-order valence-electron chi connectivity index (χ0n) is 12.6. The molecule has 0 radical (unpaired) electrons. The second-order valence-corrected chi connectivity index (χ2v) is 6.69. The zero-order valence-corrected chi connectivity index (χ0v) is 12.6. The van der Waals surface area contributed by atoms with E-state index in [4.69, 9.17) is 0 Å². The number of nitrogens with one attached hydrogen (secondary N) is 1. The first-order valence-corrected chi connectivity index (χ1v) is 7.82. The lowest BCUT2D eigenvalue weighted by atomic mass is 9.59. The molecule has 1 saturated heterocycles. The fraction of sp³-hybridized carbons (Fsp3) is 0.444. The molecule has 1 aliphatic heterocycles. The van der Waals surface area contributed by atoms with Crippen LogP contribution in [0.1, 0.15) is 31.4 Å². The van der Waals surface area contributed by atoms with Crippen molar-refractivity contribution in [3.05, 3.63) is 47.9 Å². The van der Waals surface area contributed by atoms with Crippen LogP contribution in [-0.4, -0.2) is 22.6 Å². The van der Waals surface area contributed by atoms with Gasteiger partial charge in [0.2, 0.25) is 0 Å². The molecule has 3 atom stereocenters. The van der Waals surface area contributed by atoms with E-state index in [1.54, 1.807) is 6.33 Å². The summed E-state index contributed by atoms with van der Waals surface area (Å²) >= 11 is 0. The van der Waals surface area contributed by atoms with Crippen molar-refractivity contribution in [2.75, 3.05) is 6.54 Å². The molecule has 1 aromatic heterocycles. The van der Waals surface area contributed by atoms with Crippen LogP contribution in [0.4, 0.5) is 0 Å². The van der Waals surface area contributed by atoms with Crippen LogP contribution in [0.2, 0.25) is 0 Å². The summed E-state index contributed by atoms with van der Waals surface area (Å²) in [5.41, 5.74) is 5.54. The molecular formula is C18H21N3. The molecule has 2 heterocycles. The molecule has 3 heteroatoms. The van der Waals surface area contributed by atoms with Gasteiger partial charge in [0.1, 0.15) is 6.33 Å². The number of piperidine rings is 1. The van der Waals surface area contributed by atoms with E-state index < -0.39 is 0 Å². The van der Waals surface area contributed by atoms with E-state index >= 15 is 0 Å². The van der Waals surface area contributed by atoms with Crippen LogP contribution in [0.15, 0.2) is 36.8 Å². The topological polar surface area (TPSA) is 37.8 Å². The van der Waals surface area contributed by atoms with Crippen molar-refractivity contribution in [2.24, 2.45) is 5.92 Å². The maximum Gasteiger partial charge on any atom is 0.116 e. The predicted octanol–water partition coefficient (Wildman–Crippen LogP) is 2.96. The number of hydrogen-bond donors (Lipinski definition) is 1. The van der Waals surface area contributed by atoms with Crippen molar-refractivity contribution in [1.29, 1.82) is 0 Å². The molecule has 108 valence electrons. The monoisotopic (exact) mass is 279 g/mol. The predicted molar refractivity (Wildman–Crippen MR) is 84.1 cm³/mol. The van der Waals surface area contributed by atoms with E-state index in [0.717, 1.165) is 18.7 Å². The third-order valence-corrected chi connectivity index (χ3v) is 5.70. The number of hydrogen-bond acceptors (Lipinski definition) is 3. The minimum atomic E-state index is 0.284. The van der Waals surface area contributed by atoms with Crippen molar-refractivity contribution in [3.8, 4) is 11.3 Å². The van der Waals surface area contributed by atoms with E-state index in [0.29, 0.717) is 12.0 Å². The molecule has 2 unspecified atom stereocenters. The van der Waals surface area contributed by atoms with Crippen LogP contribution >= 0.6 is 0 Å². The smallest absolute Gasteiger partial charge is 0.116 e. The highest BCUT2D eigenvalue weighted by molar-refractivity contribution is 5.62. The van der Waals surface area contributed by atoms with Gasteiger partial charge in [0, 0.05) is 17.8 Å². The molecule has 3 nitrogen and oxygen atoms in total. The Morgan fingerprint density at radius 3 is 3.00 bits per heavy atom. The molecule has 1 fully saturated rings. The van der Waals surface area contributed by atoms with Crippen LogP contribution < -0.4 is 5.32 Å². The van der Waals surface area contributed by atoms with Gasteiger partial charge in [-0.15, -0.1) is 0 Å². The normalized spacial score (nSPS) is 30.8. The third-order valence-electron chi connectivity index (χ3n) is 5.70. The Kier molecular flexibility index (Phi) is 2.86. The van der Waals surface area contributed by atoms with Crippen LogP contribution in [0.25, 0.3) is 11.3 Å². The number of nitrogens with zero attached hydrogens (tertiary/aromatic N) is 2. The highest BCUT2D eigenvalue weighted by Crippen LogP contribution is 2.46. The second kappa shape index (κ2) is 4.63. The van der Waals surface area contributed by atoms with E-state index in [2.05, 4.69) is 47.3 Å². The van der Waals surface area contributed by atoms with E-state index in [1.807, 2.05) is 12.3 Å². The van der Waals surface area contributed by atoms with Gasteiger partial charge in [-0.1, -0.05) is 26.0 Å². The van der Waals surface area contributed by atoms with Crippen molar-refractivity contribution in [1.82, 2.24) is 15.3 Å². The first-order valence-electron chi connectivity index (χ1n) is 7.82. The van der Waals surface area contributed by atoms with Crippen LogP contribution in [0, 0.1) is 5.92 Å². The Bertz CT molecular complexity index is 667. The third kappa shape index (κ3) is 1.91. The summed E-state index contributed by atoms with van der Waals surface area (Å²) in [6.45, 7) is 5.97. The summed E-state index contributed by atoms with van der Waals surface area (Å²) in [7, 11) is 0. The first kappa shape index (κ1) is 13.0. The molecule has 0 spiro atoms. The lowest BCUT2D eigenvalue weighted by Crippen LogP contribution is -2.56. The Hall–Kier alpha value is -1.74. The standard InChI is InChI=1S/C18H21N3/c1-12-17-10-13-3-4-14(16-5-7-19-11-21-16)9-15(13)18(12,2)6-8-20-17/h3-5,7,9,11-12,17,20H,6,8,10H2,1-2H3/t12?,17?,18-/m1/s1. The van der Waals surface area contributed by atoms with Crippen molar-refractivity contribution in [3.63, 3.8) is 0 Å². The van der Waals surface area contributed by atoms with Crippen molar-refractivity contribution in [2.45, 2.75) is 38.1 Å². The van der Waals surface area contributed by atoms with Gasteiger partial charge in [-0.3, -0.25) is 0 Å². The van der Waals surface area contributed by atoms with E-state index in [1.165, 1.54) is 23.1 Å². The summed E-state index contributed by atoms with van der Waals surface area (Å²) < 4.78 is 0. The summed E-state index contributed by atoms with van der Waals surface area (Å²) in [5, 5.41) is 3.69. The molecule has 1 N–H and O–H groups in total. The van der Waals surface area contributed by atoms with Crippen LogP contribution in [0.5, 0.6) is 0 Å².